The molecule has 3 rings (SSSR count). The third-order valence-corrected chi connectivity index (χ3v) is 5.29. The fraction of sp³-hybridized carbons (Fsp3) is 0.591. The Morgan fingerprint density at radius 2 is 2.07 bits per heavy atom. The minimum atomic E-state index is -0.487. The molecule has 2 aliphatic heterocycles. The highest BCUT2D eigenvalue weighted by Gasteiger charge is 2.29. The lowest BCUT2D eigenvalue weighted by atomic mass is 9.90. The van der Waals surface area contributed by atoms with Crippen LogP contribution >= 0.6 is 0 Å². The Bertz CT molecular complexity index is 772. The number of piperidine rings is 2. The van der Waals surface area contributed by atoms with Gasteiger partial charge in [0, 0.05) is 31.7 Å². The van der Waals surface area contributed by atoms with Crippen molar-refractivity contribution in [3.63, 3.8) is 0 Å². The summed E-state index contributed by atoms with van der Waals surface area (Å²) in [7, 11) is 0. The predicted molar refractivity (Wildman–Crippen MR) is 111 cm³/mol. The van der Waals surface area contributed by atoms with Crippen molar-refractivity contribution >= 4 is 23.6 Å². The van der Waals surface area contributed by atoms with Crippen molar-refractivity contribution in [2.75, 3.05) is 25.0 Å². The average molecular weight is 402 g/mol. The molecule has 0 aliphatic carbocycles. The van der Waals surface area contributed by atoms with E-state index in [1.54, 1.807) is 4.90 Å². The Morgan fingerprint density at radius 3 is 2.79 bits per heavy atom. The van der Waals surface area contributed by atoms with Crippen LogP contribution in [-0.4, -0.2) is 48.0 Å². The quantitative estimate of drug-likeness (QED) is 0.756. The molecule has 3 amide bonds. The number of likely N-dealkylation sites (tertiary alicyclic amines) is 1. The van der Waals surface area contributed by atoms with Gasteiger partial charge in [0.25, 0.3) is 0 Å². The van der Waals surface area contributed by atoms with Crippen LogP contribution in [0.2, 0.25) is 0 Å². The van der Waals surface area contributed by atoms with Gasteiger partial charge in [0.15, 0.2) is 0 Å². The largest absolute Gasteiger partial charge is 0.444 e. The van der Waals surface area contributed by atoms with Gasteiger partial charge in [-0.2, -0.15) is 0 Å². The molecule has 2 N–H and O–H groups in total. The summed E-state index contributed by atoms with van der Waals surface area (Å²) >= 11 is 0. The molecule has 2 heterocycles. The summed E-state index contributed by atoms with van der Waals surface area (Å²) in [6.07, 6.45) is 2.68. The maximum absolute atomic E-state index is 12.3. The van der Waals surface area contributed by atoms with Gasteiger partial charge in [-0.15, -0.1) is 0 Å². The molecule has 0 saturated carbocycles. The first-order chi connectivity index (χ1) is 13.7. The summed E-state index contributed by atoms with van der Waals surface area (Å²) in [6, 6.07) is 7.81. The maximum Gasteiger partial charge on any atom is 0.410 e. The molecule has 1 unspecified atom stereocenters. The Kier molecular flexibility index (Phi) is 6.45. The number of carbonyl (C=O) groups excluding carboxylic acids is 3. The van der Waals surface area contributed by atoms with Crippen molar-refractivity contribution in [1.29, 1.82) is 0 Å². The highest BCUT2D eigenvalue weighted by atomic mass is 16.6. The number of imide groups is 1. The van der Waals surface area contributed by atoms with E-state index in [9.17, 15) is 14.4 Å². The molecular weight excluding hydrogens is 370 g/mol. The summed E-state index contributed by atoms with van der Waals surface area (Å²) < 4.78 is 5.49. The predicted octanol–water partition coefficient (Wildman–Crippen LogP) is 3.27. The van der Waals surface area contributed by atoms with E-state index in [1.165, 1.54) is 0 Å². The monoisotopic (exact) mass is 401 g/mol. The zero-order valence-electron chi connectivity index (χ0n) is 17.5. The number of carbonyl (C=O) groups is 3. The number of anilines is 1. The maximum atomic E-state index is 12.3. The standard InChI is InChI=1S/C22H31N3O4/c1-22(2,3)29-21(28)25-11-5-6-15(14-25)13-23-17-8-4-7-16(12-17)18-9-10-19(26)24-20(18)27/h4,7-8,12,15,18,23H,5-6,9-11,13-14H2,1-3H3,(H,24,26,27)/t15-,18?/m0/s1. The van der Waals surface area contributed by atoms with E-state index in [1.807, 2.05) is 45.0 Å². The number of benzene rings is 1. The van der Waals surface area contributed by atoms with Gasteiger partial charge in [-0.05, 0) is 63.6 Å². The van der Waals surface area contributed by atoms with E-state index in [2.05, 4.69) is 10.6 Å². The molecule has 0 radical (unpaired) electrons. The van der Waals surface area contributed by atoms with E-state index >= 15 is 0 Å². The van der Waals surface area contributed by atoms with Crippen molar-refractivity contribution < 1.29 is 19.1 Å². The van der Waals surface area contributed by atoms with Gasteiger partial charge in [-0.25, -0.2) is 4.79 Å². The number of rotatable bonds is 4. The highest BCUT2D eigenvalue weighted by molar-refractivity contribution is 6.01. The third kappa shape index (κ3) is 5.95. The molecule has 2 saturated heterocycles. The van der Waals surface area contributed by atoms with E-state index < -0.39 is 5.60 Å². The zero-order valence-corrected chi connectivity index (χ0v) is 17.5. The van der Waals surface area contributed by atoms with Gasteiger partial charge < -0.3 is 15.0 Å². The second kappa shape index (κ2) is 8.84. The Labute approximate surface area is 172 Å². The molecule has 0 aromatic heterocycles. The summed E-state index contributed by atoms with van der Waals surface area (Å²) in [5, 5.41) is 5.86. The van der Waals surface area contributed by atoms with E-state index in [0.717, 1.165) is 37.2 Å². The number of amides is 3. The number of hydrogen-bond donors (Lipinski definition) is 2. The minimum Gasteiger partial charge on any atom is -0.444 e. The number of nitrogens with zero attached hydrogens (tertiary/aromatic N) is 1. The molecule has 1 aromatic rings. The van der Waals surface area contributed by atoms with Gasteiger partial charge in [0.05, 0.1) is 5.92 Å². The molecular formula is C22H31N3O4. The van der Waals surface area contributed by atoms with Crippen LogP contribution in [0.5, 0.6) is 0 Å². The molecule has 2 fully saturated rings. The van der Waals surface area contributed by atoms with E-state index in [0.29, 0.717) is 25.3 Å². The van der Waals surface area contributed by atoms with Crippen LogP contribution in [0, 0.1) is 5.92 Å². The molecule has 158 valence electrons. The molecule has 7 nitrogen and oxygen atoms in total. The third-order valence-electron chi connectivity index (χ3n) is 5.29. The van der Waals surface area contributed by atoms with Crippen molar-refractivity contribution in [2.45, 2.75) is 58.0 Å². The average Bonchev–Trinajstić information content (AvgIpc) is 2.65. The lowest BCUT2D eigenvalue weighted by Crippen LogP contribution is -2.44. The van der Waals surface area contributed by atoms with Crippen molar-refractivity contribution in [3.8, 4) is 0 Å². The zero-order chi connectivity index (χ0) is 21.0. The summed E-state index contributed by atoms with van der Waals surface area (Å²) in [5.74, 6) is -0.367. The topological polar surface area (TPSA) is 87.7 Å². The first kappa shape index (κ1) is 21.1. The van der Waals surface area contributed by atoms with Gasteiger partial charge >= 0.3 is 6.09 Å². The first-order valence-electron chi connectivity index (χ1n) is 10.4. The van der Waals surface area contributed by atoms with Crippen molar-refractivity contribution in [2.24, 2.45) is 5.92 Å². The van der Waals surface area contributed by atoms with Crippen molar-refractivity contribution in [1.82, 2.24) is 10.2 Å². The second-order valence-electron chi connectivity index (χ2n) is 8.94. The SMILES string of the molecule is CC(C)(C)OC(=O)N1CCC[C@@H](CNc2cccc(C3CCC(=O)NC3=O)c2)C1. The summed E-state index contributed by atoms with van der Waals surface area (Å²) in [5.41, 5.74) is 1.37. The highest BCUT2D eigenvalue weighted by Crippen LogP contribution is 2.27. The molecule has 29 heavy (non-hydrogen) atoms. The number of nitrogens with one attached hydrogen (secondary N) is 2. The van der Waals surface area contributed by atoms with Crippen LogP contribution in [0.15, 0.2) is 24.3 Å². The Morgan fingerprint density at radius 1 is 1.28 bits per heavy atom. The summed E-state index contributed by atoms with van der Waals surface area (Å²) in [6.45, 7) is 7.79. The van der Waals surface area contributed by atoms with Crippen LogP contribution in [0.3, 0.4) is 0 Å². The molecule has 2 aliphatic rings. The Hall–Kier alpha value is -2.57. The van der Waals surface area contributed by atoms with Gasteiger partial charge in [-0.1, -0.05) is 12.1 Å². The number of hydrogen-bond acceptors (Lipinski definition) is 5. The fourth-order valence-electron chi connectivity index (χ4n) is 3.86. The fourth-order valence-corrected chi connectivity index (χ4v) is 3.86. The lowest BCUT2D eigenvalue weighted by molar-refractivity contribution is -0.134. The van der Waals surface area contributed by atoms with Gasteiger partial charge in [0.1, 0.15) is 5.60 Å². The van der Waals surface area contributed by atoms with Crippen LogP contribution < -0.4 is 10.6 Å². The molecule has 0 bridgehead atoms. The van der Waals surface area contributed by atoms with Crippen LogP contribution in [0.25, 0.3) is 0 Å². The Balaban J connectivity index is 1.55. The van der Waals surface area contributed by atoms with E-state index in [-0.39, 0.29) is 23.8 Å². The second-order valence-corrected chi connectivity index (χ2v) is 8.94. The van der Waals surface area contributed by atoms with Crippen LogP contribution in [0.1, 0.15) is 57.9 Å². The minimum absolute atomic E-state index is 0.202. The molecule has 0 spiro atoms. The van der Waals surface area contributed by atoms with Gasteiger partial charge in [0.2, 0.25) is 11.8 Å². The van der Waals surface area contributed by atoms with E-state index in [4.69, 9.17) is 4.74 Å². The van der Waals surface area contributed by atoms with Crippen molar-refractivity contribution in [3.05, 3.63) is 29.8 Å². The van der Waals surface area contributed by atoms with Crippen LogP contribution in [0.4, 0.5) is 10.5 Å². The first-order valence-corrected chi connectivity index (χ1v) is 10.4. The lowest BCUT2D eigenvalue weighted by Gasteiger charge is -2.34. The van der Waals surface area contributed by atoms with Gasteiger partial charge in [-0.3, -0.25) is 14.9 Å². The molecule has 7 heteroatoms. The molecule has 1 aromatic carbocycles. The smallest absolute Gasteiger partial charge is 0.410 e. The summed E-state index contributed by atoms with van der Waals surface area (Å²) in [4.78, 5) is 37.6. The number of ether oxygens (including phenoxy) is 1. The normalized spacial score (nSPS) is 22.8. The van der Waals surface area contributed by atoms with Crippen LogP contribution in [-0.2, 0) is 14.3 Å². The molecule has 2 atom stereocenters.